The first kappa shape index (κ1) is 62.5. The summed E-state index contributed by atoms with van der Waals surface area (Å²) < 4.78 is 21.5. The number of aldehydes is 1. The number of imidazole rings is 3. The molecule has 0 atom stereocenters. The first-order chi connectivity index (χ1) is 39.3. The Labute approximate surface area is 518 Å². The molecular weight excluding hydrogens is 1340 g/mol. The van der Waals surface area contributed by atoms with E-state index in [1.54, 1.807) is 62.7 Å². The Morgan fingerprint density at radius 3 is 1.43 bits per heavy atom. The summed E-state index contributed by atoms with van der Waals surface area (Å²) in [6.07, 6.45) is 25.9. The molecule has 0 saturated carbocycles. The molecule has 82 heavy (non-hydrogen) atoms. The van der Waals surface area contributed by atoms with E-state index < -0.39 is 0 Å². The molecule has 0 aromatic carbocycles. The predicted molar refractivity (Wildman–Crippen MR) is 312 cm³/mol. The number of halogens is 1. The third kappa shape index (κ3) is 15.5. The molecule has 29 heteroatoms. The maximum atomic E-state index is 10.4. The van der Waals surface area contributed by atoms with Crippen LogP contribution in [0, 0.1) is 72.7 Å². The zero-order valence-electron chi connectivity index (χ0n) is 48.0. The number of fused-ring (bicyclic) bond motifs is 3. The smallest absolute Gasteiger partial charge is 0.177 e. The van der Waals surface area contributed by atoms with Gasteiger partial charge in [-0.1, -0.05) is 6.92 Å². The standard InChI is InChI=1S/C16H17N7S.C16H15N7S.C9H12N4.C8H7N3OS.C4H8O.BH.ClH.U/c2*1-10-8-18-11(2)14-20-13(21-23(10)14)5-4-12-9-22(3)15(19-12)16-17-6-7-24-16;1-4-8-11-9-7(3)10-5-6(2)13(9)12-8;1-11-4-6(5-12)10-7(11)8-9-2-3-13-8;1-2-4-5-3-1;;;/h6-9H,4-5H2,1-3H3;4-9H,1-3H3;5H,4H2,1-3H3;2-5H,1H3;1-4H2;2*1H;/p-1/i;;;;;1D;;. The second kappa shape index (κ2) is 29.8. The normalized spacial score (nSPS) is 11.7. The summed E-state index contributed by atoms with van der Waals surface area (Å²) in [6, 6.07) is 0. The number of hydrogen-bond acceptors (Lipinski definition) is 20. The summed E-state index contributed by atoms with van der Waals surface area (Å²) in [4.78, 5) is 63.0. The van der Waals surface area contributed by atoms with Gasteiger partial charge in [-0.25, -0.2) is 58.4 Å². The molecule has 2 radical (unpaired) electrons. The van der Waals surface area contributed by atoms with Gasteiger partial charge in [-0.3, -0.25) is 19.7 Å². The van der Waals surface area contributed by atoms with E-state index in [1.165, 1.54) is 24.2 Å². The van der Waals surface area contributed by atoms with Crippen molar-refractivity contribution in [1.29, 1.82) is 1.34 Å². The molecule has 1 saturated heterocycles. The van der Waals surface area contributed by atoms with Crippen molar-refractivity contribution < 1.29 is 53.1 Å². The third-order valence-corrected chi connectivity index (χ3v) is 14.4. The first-order valence-electron chi connectivity index (χ1n) is 25.9. The van der Waals surface area contributed by atoms with Gasteiger partial charge < -0.3 is 30.8 Å². The number of hydrogen-bond donors (Lipinski definition) is 0. The van der Waals surface area contributed by atoms with Crippen molar-refractivity contribution in [2.45, 2.75) is 80.6 Å². The summed E-state index contributed by atoms with van der Waals surface area (Å²) in [7, 11) is 9.55. The molecule has 422 valence electrons. The minimum atomic E-state index is 0. The van der Waals surface area contributed by atoms with Gasteiger partial charge in [0.2, 0.25) is 0 Å². The van der Waals surface area contributed by atoms with Crippen molar-refractivity contribution in [1.82, 2.24) is 102 Å². The molecule has 0 bridgehead atoms. The maximum Gasteiger partial charge on any atom is 0.177 e. The topological polar surface area (TPSA) is 248 Å². The van der Waals surface area contributed by atoms with Gasteiger partial charge in [0.1, 0.15) is 5.69 Å². The van der Waals surface area contributed by atoms with Gasteiger partial charge >= 0.3 is 0 Å². The van der Waals surface area contributed by atoms with E-state index in [2.05, 4.69) is 78.5 Å². The van der Waals surface area contributed by atoms with E-state index in [9.17, 15) is 4.79 Å². The predicted octanol–water partition coefficient (Wildman–Crippen LogP) is 4.96. The van der Waals surface area contributed by atoms with Crippen molar-refractivity contribution in [3.63, 3.8) is 0 Å². The van der Waals surface area contributed by atoms with Crippen molar-refractivity contribution in [2.75, 3.05) is 13.2 Å². The SMILES string of the molecule is C1CCOC1.CCc1nc2c(C)ncc(C)n2n1.Cc1ncc(C)n2nc(C=Cc3cn(C)c(-c4nccs4)n3)nc12.Cc1ncc(C)n2nc(CCc3cn(C)c(-c4nccs4)n3)nc12.Cn1cc(C=O)nc1-c1nccs1.[2H][B].[Cl-].[U]. The van der Waals surface area contributed by atoms with E-state index in [-0.39, 0.29) is 43.5 Å². The van der Waals surface area contributed by atoms with E-state index in [0.29, 0.717) is 11.5 Å². The number of aromatic nitrogens is 21. The number of ether oxygens (including phenoxy) is 1. The molecule has 23 nitrogen and oxygen atoms in total. The van der Waals surface area contributed by atoms with E-state index in [1.807, 2.05) is 141 Å². The Balaban J connectivity index is 0.000000175. The molecule has 12 aromatic rings. The first-order valence-corrected chi connectivity index (χ1v) is 27.9. The molecule has 1 fully saturated rings. The Hall–Kier alpha value is -7.05. The van der Waals surface area contributed by atoms with Crippen LogP contribution in [-0.2, 0) is 45.1 Å². The van der Waals surface area contributed by atoms with Gasteiger partial charge in [-0.2, -0.15) is 10.2 Å². The van der Waals surface area contributed by atoms with Crippen molar-refractivity contribution in [3.8, 4) is 32.5 Å². The molecule has 13 rings (SSSR count). The number of nitrogens with zero attached hydrogens (tertiary/aromatic N) is 21. The van der Waals surface area contributed by atoms with Crippen LogP contribution < -0.4 is 12.4 Å². The molecular formula is C53H60BClN21O2S3U-. The summed E-state index contributed by atoms with van der Waals surface area (Å²) in [5, 5.41) is 21.9. The van der Waals surface area contributed by atoms with Gasteiger partial charge in [0, 0.05) is 159 Å². The molecule has 1 aliphatic heterocycles. The Morgan fingerprint density at radius 2 is 1.00 bits per heavy atom. The fourth-order valence-electron chi connectivity index (χ4n) is 7.98. The van der Waals surface area contributed by atoms with E-state index in [0.717, 1.165) is 145 Å². The molecule has 13 heterocycles. The van der Waals surface area contributed by atoms with Gasteiger partial charge in [-0.15, -0.1) is 39.1 Å². The fraction of sp³-hybridized carbons (Fsp3) is 0.321. The zero-order valence-corrected chi connectivity index (χ0v) is 54.4. The van der Waals surface area contributed by atoms with Crippen LogP contribution in [-0.4, -0.2) is 132 Å². The maximum absolute atomic E-state index is 10.4. The van der Waals surface area contributed by atoms with Crippen LogP contribution in [0.1, 0.15) is 93.3 Å². The van der Waals surface area contributed by atoms with Gasteiger partial charge in [0.25, 0.3) is 0 Å². The van der Waals surface area contributed by atoms with Crippen LogP contribution in [0.4, 0.5) is 0 Å². The van der Waals surface area contributed by atoms with Crippen LogP contribution in [0.5, 0.6) is 0 Å². The number of aryl methyl sites for hydroxylation is 12. The summed E-state index contributed by atoms with van der Waals surface area (Å²) in [5.41, 5.74) is 10.4. The minimum Gasteiger partial charge on any atom is -1.00 e. The summed E-state index contributed by atoms with van der Waals surface area (Å²) >= 11 is 4.67. The van der Waals surface area contributed by atoms with Gasteiger partial charge in [-0.05, 0) is 74.3 Å². The van der Waals surface area contributed by atoms with Crippen LogP contribution in [0.25, 0.3) is 61.6 Å². The number of carbonyl (C=O) groups is 1. The van der Waals surface area contributed by atoms with Crippen LogP contribution in [0.2, 0.25) is 0 Å². The van der Waals surface area contributed by atoms with E-state index >= 15 is 0 Å². The number of carbonyl (C=O) groups excluding carboxylic acids is 1. The minimum absolute atomic E-state index is 0. The second-order valence-electron chi connectivity index (χ2n) is 18.2. The molecule has 0 amide bonds. The molecule has 0 aliphatic carbocycles. The number of thiazole rings is 3. The second-order valence-corrected chi connectivity index (χ2v) is 20.9. The van der Waals surface area contributed by atoms with Gasteiger partial charge in [0.05, 0.1) is 45.6 Å². The Bertz CT molecular complexity index is 3870. The average molecular weight is 1400 g/mol. The van der Waals surface area contributed by atoms with Crippen LogP contribution in [0.3, 0.4) is 0 Å². The fourth-order valence-corrected chi connectivity index (χ4v) is 9.99. The number of rotatable bonds is 10. The monoisotopic (exact) mass is 1400 g/mol. The van der Waals surface area contributed by atoms with Crippen LogP contribution >= 0.6 is 34.0 Å². The molecule has 1 aliphatic rings. The molecule has 0 spiro atoms. The third-order valence-electron chi connectivity index (χ3n) is 12.1. The quantitative estimate of drug-likeness (QED) is 0.130. The summed E-state index contributed by atoms with van der Waals surface area (Å²) in [6.45, 7) is 15.8. The summed E-state index contributed by atoms with van der Waals surface area (Å²) in [5.74, 6) is 4.81. The van der Waals surface area contributed by atoms with Crippen LogP contribution in [0.15, 0.2) is 71.9 Å². The average Bonchev–Trinajstić information content (AvgIpc) is 4.48. The van der Waals surface area contributed by atoms with Crippen molar-refractivity contribution in [3.05, 3.63) is 141 Å². The van der Waals surface area contributed by atoms with Crippen molar-refractivity contribution >= 4 is 77.8 Å². The Kier molecular flexibility index (Phi) is 22.7. The van der Waals surface area contributed by atoms with Gasteiger partial charge in [0.15, 0.2) is 73.2 Å². The zero-order chi connectivity index (χ0) is 57.6. The molecule has 0 N–H and O–H groups in total. The largest absolute Gasteiger partial charge is 1.00 e. The Morgan fingerprint density at radius 1 is 0.561 bits per heavy atom. The van der Waals surface area contributed by atoms with Crippen molar-refractivity contribution in [2.24, 2.45) is 21.1 Å². The van der Waals surface area contributed by atoms with E-state index in [4.69, 9.17) is 11.1 Å². The molecule has 12 aromatic heterocycles. The molecule has 0 unspecified atom stereocenters.